The molecular formula is C98H77BO11P2. The van der Waals surface area contributed by atoms with Crippen LogP contribution in [0.25, 0.3) is 43.1 Å². The Labute approximate surface area is 652 Å². The second-order valence-corrected chi connectivity index (χ2v) is 31.9. The molecule has 11 nitrogen and oxygen atoms in total. The lowest BCUT2D eigenvalue weighted by Crippen LogP contribution is -2.50. The monoisotopic (exact) mass is 1500 g/mol. The summed E-state index contributed by atoms with van der Waals surface area (Å²) < 4.78 is 4.30. The van der Waals surface area contributed by atoms with Crippen LogP contribution in [-0.2, 0) is 0 Å². The Bertz CT molecular complexity index is 4980. The smallest absolute Gasteiger partial charge is 0.336 e. The second-order valence-electron chi connectivity index (χ2n) is 25.1. The number of benzene rings is 17. The van der Waals surface area contributed by atoms with Crippen LogP contribution < -0.4 is 57.1 Å². The van der Waals surface area contributed by atoms with Gasteiger partial charge in [-0.3, -0.25) is 0 Å². The van der Waals surface area contributed by atoms with Crippen molar-refractivity contribution < 1.29 is 54.3 Å². The quantitative estimate of drug-likeness (QED) is 0.0595. The van der Waals surface area contributed by atoms with Crippen molar-refractivity contribution in [1.29, 1.82) is 0 Å². The van der Waals surface area contributed by atoms with Gasteiger partial charge >= 0.3 is 23.9 Å². The van der Waals surface area contributed by atoms with E-state index in [0.717, 1.165) is 43.1 Å². The molecule has 17 aromatic rings. The summed E-state index contributed by atoms with van der Waals surface area (Å²) in [7, 11) is -6.05. The van der Waals surface area contributed by atoms with Crippen LogP contribution in [0.2, 0.25) is 0 Å². The predicted molar refractivity (Wildman–Crippen MR) is 459 cm³/mol. The molecule has 0 aliphatic carbocycles. The Morgan fingerprint density at radius 1 is 0.205 bits per heavy atom. The number of aromatic carboxylic acids is 4. The van der Waals surface area contributed by atoms with E-state index in [1.54, 1.807) is 78.9 Å². The highest BCUT2D eigenvalue weighted by Gasteiger charge is 2.49. The fourth-order valence-electron chi connectivity index (χ4n) is 13.3. The van der Waals surface area contributed by atoms with Crippen LogP contribution in [0.4, 0.5) is 0 Å². The van der Waals surface area contributed by atoms with E-state index in [4.69, 9.17) is 20.4 Å². The standard InChI is InChI=1S/2C24H20P.4C11H8O2.C6H5BO3/c2*1-5-13-21(14-6-1)25(22-15-7-2-8-16-22,23-17-9-3-10-18-23)24-19-11-4-12-20-24;4*12-11(13)10-7-3-5-8-4-1-2-6-9(8)10;8-7(9)10-6-4-2-1-3-5-6/h2*1-20H;4*1-7H,(H,12,13);1-5H/q2*+1;;;;;-2. The third-order valence-corrected chi connectivity index (χ3v) is 26.8. The van der Waals surface area contributed by atoms with E-state index in [1.807, 2.05) is 121 Å². The minimum absolute atomic E-state index is 0.317. The molecule has 0 amide bonds. The molecule has 0 aliphatic rings. The maximum atomic E-state index is 10.8. The van der Waals surface area contributed by atoms with Crippen LogP contribution in [0.5, 0.6) is 5.75 Å². The van der Waals surface area contributed by atoms with Gasteiger partial charge in [-0.05, 0) is 177 Å². The minimum atomic E-state index is -2.23. The number of hydrogen-bond donors (Lipinski definition) is 4. The Hall–Kier alpha value is -13.7. The number of carboxylic acid groups (broad SMARTS) is 4. The first-order valence-corrected chi connectivity index (χ1v) is 39.5. The first-order chi connectivity index (χ1) is 54.8. The maximum absolute atomic E-state index is 10.8. The van der Waals surface area contributed by atoms with E-state index in [2.05, 4.69) is 247 Å². The number of carboxylic acids is 4. The third-order valence-electron chi connectivity index (χ3n) is 18.2. The van der Waals surface area contributed by atoms with Crippen LogP contribution in [0.15, 0.2) is 443 Å². The number of carbonyl (C=O) groups is 4. The van der Waals surface area contributed by atoms with Crippen molar-refractivity contribution in [1.82, 2.24) is 0 Å². The molecule has 17 rings (SSSR count). The molecule has 0 saturated heterocycles. The molecule has 17 aromatic carbocycles. The summed E-state index contributed by atoms with van der Waals surface area (Å²) in [6, 6.07) is 147. The fraction of sp³-hybridized carbons (Fsp3) is 0. The number of fused-ring (bicyclic) bond motifs is 4. The third kappa shape index (κ3) is 19.8. The molecule has 0 bridgehead atoms. The van der Waals surface area contributed by atoms with Crippen LogP contribution in [0, 0.1) is 0 Å². The molecule has 0 unspecified atom stereocenters. The van der Waals surface area contributed by atoms with Crippen molar-refractivity contribution >= 4 is 131 Å². The average molecular weight is 1500 g/mol. The molecule has 0 radical (unpaired) electrons. The van der Waals surface area contributed by atoms with Gasteiger partial charge < -0.3 is 35.1 Å². The molecule has 0 atom stereocenters. The normalized spacial score (nSPS) is 10.5. The molecule has 548 valence electrons. The Morgan fingerprint density at radius 3 is 0.527 bits per heavy atom. The van der Waals surface area contributed by atoms with Crippen molar-refractivity contribution in [2.45, 2.75) is 0 Å². The lowest BCUT2D eigenvalue weighted by Gasteiger charge is -2.27. The Morgan fingerprint density at radius 2 is 0.357 bits per heavy atom. The van der Waals surface area contributed by atoms with E-state index in [-0.39, 0.29) is 0 Å². The summed E-state index contributed by atoms with van der Waals surface area (Å²) in [4.78, 5) is 43.3. The molecule has 112 heavy (non-hydrogen) atoms. The van der Waals surface area contributed by atoms with Crippen LogP contribution in [-0.4, -0.2) is 51.6 Å². The summed E-state index contributed by atoms with van der Waals surface area (Å²) >= 11 is 0. The lowest BCUT2D eigenvalue weighted by atomic mass is 10.1. The van der Waals surface area contributed by atoms with E-state index in [9.17, 15) is 29.2 Å². The molecule has 0 heterocycles. The predicted octanol–water partition coefficient (Wildman–Crippen LogP) is 17.5. The van der Waals surface area contributed by atoms with Gasteiger partial charge in [0.05, 0.1) is 28.0 Å². The highest BCUT2D eigenvalue weighted by molar-refractivity contribution is 8.02. The average Bonchev–Trinajstić information content (AvgIpc) is 0.741. The summed E-state index contributed by atoms with van der Waals surface area (Å²) in [5, 5.41) is 73.5. The highest BCUT2D eigenvalue weighted by atomic mass is 31.2. The maximum Gasteiger partial charge on any atom is 0.336 e. The van der Waals surface area contributed by atoms with Gasteiger partial charge in [0.25, 0.3) is 0 Å². The molecule has 0 aromatic heterocycles. The van der Waals surface area contributed by atoms with Crippen LogP contribution in [0.3, 0.4) is 0 Å². The van der Waals surface area contributed by atoms with Gasteiger partial charge in [0.2, 0.25) is 0 Å². The molecular weight excluding hydrogens is 1430 g/mol. The van der Waals surface area contributed by atoms with Gasteiger partial charge in [-0.1, -0.05) is 309 Å². The van der Waals surface area contributed by atoms with Gasteiger partial charge in [0.15, 0.2) is 0 Å². The van der Waals surface area contributed by atoms with Gasteiger partial charge in [-0.15, -0.1) is 0 Å². The molecule has 4 N–H and O–H groups in total. The lowest BCUT2D eigenvalue weighted by molar-refractivity contribution is -0.372. The summed E-state index contributed by atoms with van der Waals surface area (Å²) in [5.74, 6) is -3.19. The van der Waals surface area contributed by atoms with Crippen molar-refractivity contribution in [2.75, 3.05) is 0 Å². The van der Waals surface area contributed by atoms with Crippen molar-refractivity contribution in [3.8, 4) is 5.75 Å². The van der Waals surface area contributed by atoms with E-state index in [0.29, 0.717) is 28.0 Å². The van der Waals surface area contributed by atoms with Gasteiger partial charge in [0, 0.05) is 0 Å². The summed E-state index contributed by atoms with van der Waals surface area (Å²) in [5.41, 5.74) is 1.44. The Kier molecular flexibility index (Phi) is 28.3. The van der Waals surface area contributed by atoms with Crippen LogP contribution in [0.1, 0.15) is 41.4 Å². The second kappa shape index (κ2) is 39.9. The van der Waals surface area contributed by atoms with E-state index < -0.39 is 45.7 Å². The van der Waals surface area contributed by atoms with E-state index >= 15 is 0 Å². The number of para-hydroxylation sites is 1. The van der Waals surface area contributed by atoms with Crippen molar-refractivity contribution in [3.05, 3.63) is 465 Å². The van der Waals surface area contributed by atoms with Gasteiger partial charge in [-0.2, -0.15) is 0 Å². The highest BCUT2D eigenvalue weighted by Crippen LogP contribution is 2.55. The summed E-state index contributed by atoms with van der Waals surface area (Å²) in [6.45, 7) is 0. The Balaban J connectivity index is 0.000000133. The molecule has 0 aliphatic heterocycles. The van der Waals surface area contributed by atoms with E-state index in [1.165, 1.54) is 42.4 Å². The zero-order chi connectivity index (χ0) is 78.3. The zero-order valence-corrected chi connectivity index (χ0v) is 62.6. The number of rotatable bonds is 14. The topological polar surface area (TPSA) is 205 Å². The molecule has 0 spiro atoms. The number of hydrogen-bond acceptors (Lipinski definition) is 7. The van der Waals surface area contributed by atoms with Crippen molar-refractivity contribution in [3.63, 3.8) is 0 Å². The van der Waals surface area contributed by atoms with Crippen LogP contribution >= 0.6 is 14.5 Å². The molecule has 14 heteroatoms. The van der Waals surface area contributed by atoms with Gasteiger partial charge in [0.1, 0.15) is 64.3 Å². The zero-order valence-electron chi connectivity index (χ0n) is 60.8. The summed E-state index contributed by atoms with van der Waals surface area (Å²) in [6.07, 6.45) is 0. The SMILES string of the molecule is O=C(O)c1cccc2ccccc12.O=C(O)c1cccc2ccccc12.O=C(O)c1cccc2ccccc12.O=C(O)c1cccc2ccccc12.[O-]B([O-])Oc1ccccc1.c1ccc([P+](c2ccccc2)(c2ccccc2)c2ccccc2)cc1.c1ccc([P+](c2ccccc2)(c2ccccc2)c2ccccc2)cc1. The van der Waals surface area contributed by atoms with Crippen molar-refractivity contribution in [2.24, 2.45) is 0 Å². The van der Waals surface area contributed by atoms with Gasteiger partial charge in [-0.25, -0.2) is 19.2 Å². The first kappa shape index (κ1) is 79.4. The fourth-order valence-corrected chi connectivity index (χ4v) is 21.8. The minimum Gasteiger partial charge on any atom is -0.860 e. The molecule has 0 fully saturated rings. The molecule has 0 saturated carbocycles. The largest absolute Gasteiger partial charge is 0.860 e. The first-order valence-electron chi connectivity index (χ1n) is 35.9.